The number of phenols is 1. The predicted octanol–water partition coefficient (Wildman–Crippen LogP) is 4.25. The third kappa shape index (κ3) is 4.91. The molecule has 2 aromatic rings. The highest BCUT2D eigenvalue weighted by molar-refractivity contribution is 6.02. The molecule has 6 heteroatoms. The number of hydrogen-bond acceptors (Lipinski definition) is 4. The molecule has 0 aliphatic rings. The van der Waals surface area contributed by atoms with Gasteiger partial charge in [-0.3, -0.25) is 14.9 Å². The monoisotopic (exact) mass is 340 g/mol. The minimum absolute atomic E-state index is 0.0627. The zero-order valence-electron chi connectivity index (χ0n) is 14.3. The summed E-state index contributed by atoms with van der Waals surface area (Å²) in [5.41, 5.74) is 1.92. The van der Waals surface area contributed by atoms with Crippen LogP contribution < -0.4 is 5.32 Å². The molecule has 0 unspecified atom stereocenters. The van der Waals surface area contributed by atoms with Crippen molar-refractivity contribution in [3.8, 4) is 5.75 Å². The first-order chi connectivity index (χ1) is 11.7. The highest BCUT2D eigenvalue weighted by Crippen LogP contribution is 2.28. The van der Waals surface area contributed by atoms with Gasteiger partial charge in [-0.1, -0.05) is 45.0 Å². The molecule has 0 radical (unpaired) electrons. The number of phenolic OH excluding ortho intramolecular Hbond substituents is 1. The van der Waals surface area contributed by atoms with Gasteiger partial charge < -0.3 is 10.4 Å². The zero-order valence-corrected chi connectivity index (χ0v) is 14.3. The van der Waals surface area contributed by atoms with E-state index in [0.29, 0.717) is 0 Å². The van der Waals surface area contributed by atoms with Crippen LogP contribution in [0.3, 0.4) is 0 Å². The van der Waals surface area contributed by atoms with Crippen LogP contribution in [-0.2, 0) is 10.2 Å². The molecule has 0 atom stereocenters. The second-order valence-corrected chi connectivity index (χ2v) is 6.66. The van der Waals surface area contributed by atoms with Crippen molar-refractivity contribution in [1.29, 1.82) is 0 Å². The van der Waals surface area contributed by atoms with Crippen LogP contribution in [0.5, 0.6) is 5.75 Å². The molecular formula is C19H20N2O4. The van der Waals surface area contributed by atoms with Crippen LogP contribution in [0.15, 0.2) is 48.5 Å². The summed E-state index contributed by atoms with van der Waals surface area (Å²) in [5.74, 6) is -0.864. The summed E-state index contributed by atoms with van der Waals surface area (Å²) in [6.07, 6.45) is 3.02. The van der Waals surface area contributed by atoms with Crippen LogP contribution in [-0.4, -0.2) is 15.9 Å². The van der Waals surface area contributed by atoms with Crippen molar-refractivity contribution >= 4 is 23.4 Å². The van der Waals surface area contributed by atoms with Crippen LogP contribution >= 0.6 is 0 Å². The molecule has 1 amide bonds. The normalized spacial score (nSPS) is 11.5. The second-order valence-electron chi connectivity index (χ2n) is 6.66. The third-order valence-electron chi connectivity index (χ3n) is 3.64. The standard InChI is InChI=1S/C19H20N2O4/c1-19(2,3)14-7-4-13(5-8-14)6-11-18(23)20-15-9-10-17(22)16(12-15)21(24)25/h4-12,22H,1-3H3,(H,20,23)/b11-6+. The highest BCUT2D eigenvalue weighted by atomic mass is 16.6. The molecule has 130 valence electrons. The van der Waals surface area contributed by atoms with E-state index in [4.69, 9.17) is 0 Å². The number of nitrogens with zero attached hydrogens (tertiary/aromatic N) is 1. The number of hydrogen-bond donors (Lipinski definition) is 2. The number of rotatable bonds is 4. The maximum absolute atomic E-state index is 11.9. The quantitative estimate of drug-likeness (QED) is 0.377. The largest absolute Gasteiger partial charge is 0.502 e. The summed E-state index contributed by atoms with van der Waals surface area (Å²) in [4.78, 5) is 22.0. The molecule has 25 heavy (non-hydrogen) atoms. The molecular weight excluding hydrogens is 320 g/mol. The van der Waals surface area contributed by atoms with Crippen molar-refractivity contribution in [2.45, 2.75) is 26.2 Å². The maximum atomic E-state index is 11.9. The van der Waals surface area contributed by atoms with Crippen LogP contribution in [0, 0.1) is 10.1 Å². The lowest BCUT2D eigenvalue weighted by Crippen LogP contribution is -2.10. The molecule has 0 saturated heterocycles. The lowest BCUT2D eigenvalue weighted by atomic mass is 9.87. The molecule has 0 saturated carbocycles. The Morgan fingerprint density at radius 1 is 1.16 bits per heavy atom. The van der Waals surface area contributed by atoms with Crippen molar-refractivity contribution in [2.75, 3.05) is 5.32 Å². The number of nitrogens with one attached hydrogen (secondary N) is 1. The van der Waals surface area contributed by atoms with Crippen molar-refractivity contribution in [3.63, 3.8) is 0 Å². The number of carbonyl (C=O) groups is 1. The zero-order chi connectivity index (χ0) is 18.6. The van der Waals surface area contributed by atoms with Crippen LogP contribution in [0.2, 0.25) is 0 Å². The number of amides is 1. The van der Waals surface area contributed by atoms with E-state index < -0.39 is 22.3 Å². The summed E-state index contributed by atoms with van der Waals surface area (Å²) >= 11 is 0. The van der Waals surface area contributed by atoms with E-state index in [0.717, 1.165) is 11.6 Å². The summed E-state index contributed by atoms with van der Waals surface area (Å²) in [6, 6.07) is 11.6. The molecule has 0 aromatic heterocycles. The van der Waals surface area contributed by atoms with Gasteiger partial charge in [-0.25, -0.2) is 0 Å². The lowest BCUT2D eigenvalue weighted by molar-refractivity contribution is -0.385. The number of nitro groups is 1. The molecule has 2 rings (SSSR count). The van der Waals surface area contributed by atoms with Gasteiger partial charge in [0.15, 0.2) is 5.75 Å². The SMILES string of the molecule is CC(C)(C)c1ccc(/C=C/C(=O)Nc2ccc(O)c([N+](=O)[O-])c2)cc1. The first kappa shape index (κ1) is 18.2. The second kappa shape index (κ2) is 7.17. The van der Waals surface area contributed by atoms with Gasteiger partial charge in [0, 0.05) is 17.8 Å². The van der Waals surface area contributed by atoms with Crippen molar-refractivity contribution in [3.05, 3.63) is 69.8 Å². The van der Waals surface area contributed by atoms with Crippen molar-refractivity contribution < 1.29 is 14.8 Å². The molecule has 2 aromatic carbocycles. The van der Waals surface area contributed by atoms with Gasteiger partial charge in [0.2, 0.25) is 5.91 Å². The highest BCUT2D eigenvalue weighted by Gasteiger charge is 2.14. The fraction of sp³-hybridized carbons (Fsp3) is 0.211. The van der Waals surface area contributed by atoms with Gasteiger partial charge in [-0.15, -0.1) is 0 Å². The molecule has 0 aliphatic carbocycles. The Labute approximate surface area is 146 Å². The minimum Gasteiger partial charge on any atom is -0.502 e. The van der Waals surface area contributed by atoms with E-state index in [1.807, 2.05) is 24.3 Å². The topological polar surface area (TPSA) is 92.5 Å². The Morgan fingerprint density at radius 2 is 1.80 bits per heavy atom. The van der Waals surface area contributed by atoms with E-state index >= 15 is 0 Å². The Bertz CT molecular complexity index is 818. The fourth-order valence-corrected chi connectivity index (χ4v) is 2.20. The van der Waals surface area contributed by atoms with Crippen LogP contribution in [0.1, 0.15) is 31.9 Å². The molecule has 0 fully saturated rings. The van der Waals surface area contributed by atoms with Gasteiger partial charge in [0.1, 0.15) is 0 Å². The van der Waals surface area contributed by atoms with E-state index in [1.54, 1.807) is 6.08 Å². The van der Waals surface area contributed by atoms with Crippen LogP contribution in [0.4, 0.5) is 11.4 Å². The minimum atomic E-state index is -0.711. The molecule has 0 bridgehead atoms. The van der Waals surface area contributed by atoms with E-state index in [-0.39, 0.29) is 11.1 Å². The van der Waals surface area contributed by atoms with E-state index in [1.165, 1.54) is 23.8 Å². The lowest BCUT2D eigenvalue weighted by Gasteiger charge is -2.18. The summed E-state index contributed by atoms with van der Waals surface area (Å²) in [5, 5.41) is 22.7. The first-order valence-corrected chi connectivity index (χ1v) is 7.74. The summed E-state index contributed by atoms with van der Waals surface area (Å²) in [7, 11) is 0. The number of anilines is 1. The average Bonchev–Trinajstić information content (AvgIpc) is 2.54. The smallest absolute Gasteiger partial charge is 0.312 e. The molecule has 0 spiro atoms. The van der Waals surface area contributed by atoms with Gasteiger partial charge >= 0.3 is 5.69 Å². The van der Waals surface area contributed by atoms with Gasteiger partial charge in [0.25, 0.3) is 0 Å². The number of carbonyl (C=O) groups excluding carboxylic acids is 1. The Morgan fingerprint density at radius 3 is 2.36 bits per heavy atom. The van der Waals surface area contributed by atoms with Gasteiger partial charge in [-0.05, 0) is 34.8 Å². The fourth-order valence-electron chi connectivity index (χ4n) is 2.20. The summed E-state index contributed by atoms with van der Waals surface area (Å²) in [6.45, 7) is 6.38. The molecule has 0 aliphatic heterocycles. The van der Waals surface area contributed by atoms with Crippen LogP contribution in [0.25, 0.3) is 6.08 Å². The van der Waals surface area contributed by atoms with E-state index in [9.17, 15) is 20.0 Å². The Balaban J connectivity index is 2.06. The first-order valence-electron chi connectivity index (χ1n) is 7.74. The van der Waals surface area contributed by atoms with Crippen molar-refractivity contribution in [2.24, 2.45) is 0 Å². The number of benzene rings is 2. The van der Waals surface area contributed by atoms with Gasteiger partial charge in [-0.2, -0.15) is 0 Å². The molecule has 6 nitrogen and oxygen atoms in total. The van der Waals surface area contributed by atoms with E-state index in [2.05, 4.69) is 26.1 Å². The number of nitro benzene ring substituents is 1. The average molecular weight is 340 g/mol. The number of aromatic hydroxyl groups is 1. The Hall–Kier alpha value is -3.15. The Kier molecular flexibility index (Phi) is 5.22. The predicted molar refractivity (Wildman–Crippen MR) is 97.6 cm³/mol. The summed E-state index contributed by atoms with van der Waals surface area (Å²) < 4.78 is 0. The third-order valence-corrected chi connectivity index (χ3v) is 3.64. The van der Waals surface area contributed by atoms with Gasteiger partial charge in [0.05, 0.1) is 4.92 Å². The van der Waals surface area contributed by atoms with Crippen molar-refractivity contribution in [1.82, 2.24) is 0 Å². The molecule has 2 N–H and O–H groups in total. The maximum Gasteiger partial charge on any atom is 0.312 e. The molecule has 0 heterocycles.